The van der Waals surface area contributed by atoms with Gasteiger partial charge in [0.15, 0.2) is 0 Å². The first-order valence-electron chi connectivity index (χ1n) is 0.894. The van der Waals surface area contributed by atoms with Crippen LogP contribution in [0.5, 0.6) is 0 Å². The monoisotopic (exact) mass is 134 g/mol. The Morgan fingerprint density at radius 2 is 1.25 bits per heavy atom. The van der Waals surface area contributed by atoms with Crippen molar-refractivity contribution in [2.75, 3.05) is 14.1 Å². The Labute approximate surface area is 45.9 Å². The molecular formula is C2H6NZr+. The van der Waals surface area contributed by atoms with E-state index in [4.69, 9.17) is 0 Å². The zero-order valence-corrected chi connectivity index (χ0v) is 5.41. The third-order valence-corrected chi connectivity index (χ3v) is 0. The summed E-state index contributed by atoms with van der Waals surface area (Å²) in [5, 5.41) is 3.50. The molecule has 0 spiro atoms. The molecule has 0 atom stereocenters. The number of hydrogen-bond acceptors (Lipinski definition) is 0. The first-order valence-corrected chi connectivity index (χ1v) is 0.894. The van der Waals surface area contributed by atoms with Crippen LogP contribution in [0.25, 0.3) is 5.32 Å². The zero-order chi connectivity index (χ0) is 2.71. The summed E-state index contributed by atoms with van der Waals surface area (Å²) in [6, 6.07) is 0. The molecule has 0 unspecified atom stereocenters. The second-order valence-corrected chi connectivity index (χ2v) is 0.447. The van der Waals surface area contributed by atoms with Gasteiger partial charge in [-0.05, 0) is 0 Å². The van der Waals surface area contributed by atoms with E-state index in [-0.39, 0.29) is 26.2 Å². The van der Waals surface area contributed by atoms with E-state index in [0.717, 1.165) is 0 Å². The standard InChI is InChI=1S/C2H6N.Zr/c1-3-2;/h1-2H3;/q-1;+2. The second-order valence-electron chi connectivity index (χ2n) is 0.447. The van der Waals surface area contributed by atoms with Crippen molar-refractivity contribution in [2.45, 2.75) is 0 Å². The zero-order valence-electron chi connectivity index (χ0n) is 2.95. The van der Waals surface area contributed by atoms with Gasteiger partial charge in [-0.15, -0.1) is 0 Å². The molecule has 0 aliphatic carbocycles. The minimum Gasteiger partial charge on any atom is -0.668 e. The van der Waals surface area contributed by atoms with Crippen molar-refractivity contribution in [1.82, 2.24) is 0 Å². The Balaban J connectivity index is 0. The van der Waals surface area contributed by atoms with E-state index in [1.807, 2.05) is 0 Å². The molecule has 0 fully saturated rings. The largest absolute Gasteiger partial charge is 2.00 e. The first kappa shape index (κ1) is 8.85. The minimum absolute atomic E-state index is 0. The van der Waals surface area contributed by atoms with Crippen LogP contribution in [-0.2, 0) is 26.2 Å². The Morgan fingerprint density at radius 3 is 1.25 bits per heavy atom. The predicted octanol–water partition coefficient (Wildman–Crippen LogP) is 0.617. The Morgan fingerprint density at radius 1 is 1.25 bits per heavy atom. The van der Waals surface area contributed by atoms with Gasteiger partial charge >= 0.3 is 26.2 Å². The van der Waals surface area contributed by atoms with Gasteiger partial charge < -0.3 is 5.32 Å². The van der Waals surface area contributed by atoms with E-state index in [1.165, 1.54) is 0 Å². The van der Waals surface area contributed by atoms with Crippen molar-refractivity contribution in [3.63, 3.8) is 0 Å². The van der Waals surface area contributed by atoms with Crippen LogP contribution in [0.15, 0.2) is 0 Å². The molecule has 0 amide bonds. The summed E-state index contributed by atoms with van der Waals surface area (Å²) < 4.78 is 0. The van der Waals surface area contributed by atoms with Crippen LogP contribution >= 0.6 is 0 Å². The van der Waals surface area contributed by atoms with Crippen LogP contribution in [0.3, 0.4) is 0 Å². The van der Waals surface area contributed by atoms with Crippen molar-refractivity contribution in [2.24, 2.45) is 0 Å². The summed E-state index contributed by atoms with van der Waals surface area (Å²) >= 11 is 0. The first-order chi connectivity index (χ1) is 1.41. The summed E-state index contributed by atoms with van der Waals surface area (Å²) in [5.41, 5.74) is 0. The molecule has 0 aromatic carbocycles. The van der Waals surface area contributed by atoms with Crippen molar-refractivity contribution in [3.8, 4) is 0 Å². The van der Waals surface area contributed by atoms with E-state index < -0.39 is 0 Å². The Bertz CT molecular complexity index is 6.00. The van der Waals surface area contributed by atoms with E-state index >= 15 is 0 Å². The molecule has 0 rings (SSSR count). The van der Waals surface area contributed by atoms with E-state index in [9.17, 15) is 0 Å². The summed E-state index contributed by atoms with van der Waals surface area (Å²) in [4.78, 5) is 0. The Kier molecular flexibility index (Phi) is 20.2. The molecule has 0 radical (unpaired) electrons. The molecule has 4 heavy (non-hydrogen) atoms. The molecule has 0 saturated carbocycles. The van der Waals surface area contributed by atoms with Crippen molar-refractivity contribution < 1.29 is 26.2 Å². The average Bonchev–Trinajstić information content (AvgIpc) is 0.918. The molecule has 0 aliphatic heterocycles. The van der Waals surface area contributed by atoms with Crippen LogP contribution in [0.1, 0.15) is 0 Å². The molecule has 1 nitrogen and oxygen atoms in total. The maximum atomic E-state index is 3.50. The maximum Gasteiger partial charge on any atom is 2.00 e. The van der Waals surface area contributed by atoms with Gasteiger partial charge in [-0.3, -0.25) is 0 Å². The van der Waals surface area contributed by atoms with Gasteiger partial charge in [-0.25, -0.2) is 0 Å². The van der Waals surface area contributed by atoms with Gasteiger partial charge in [-0.2, -0.15) is 14.1 Å². The van der Waals surface area contributed by atoms with Gasteiger partial charge in [0.25, 0.3) is 0 Å². The summed E-state index contributed by atoms with van der Waals surface area (Å²) in [6.07, 6.45) is 0. The van der Waals surface area contributed by atoms with Crippen LogP contribution in [-0.4, -0.2) is 14.1 Å². The fraction of sp³-hybridized carbons (Fsp3) is 1.00. The second kappa shape index (κ2) is 9.14. The van der Waals surface area contributed by atoms with Gasteiger partial charge in [0.1, 0.15) is 0 Å². The molecule has 0 aromatic rings. The van der Waals surface area contributed by atoms with Crippen LogP contribution < -0.4 is 0 Å². The van der Waals surface area contributed by atoms with Gasteiger partial charge in [0.2, 0.25) is 0 Å². The minimum atomic E-state index is 0. The molecule has 0 aliphatic rings. The quantitative estimate of drug-likeness (QED) is 0.462. The molecule has 2 heteroatoms. The topological polar surface area (TPSA) is 14.1 Å². The van der Waals surface area contributed by atoms with Crippen LogP contribution in [0.2, 0.25) is 0 Å². The SMILES string of the molecule is C[N-]C.[Zr+2]. The summed E-state index contributed by atoms with van der Waals surface area (Å²) in [6.45, 7) is 0. The fourth-order valence-corrected chi connectivity index (χ4v) is 0. The van der Waals surface area contributed by atoms with Crippen molar-refractivity contribution >= 4 is 0 Å². The molecule has 0 heterocycles. The third-order valence-electron chi connectivity index (χ3n) is 0. The predicted molar refractivity (Wildman–Crippen MR) is 15.2 cm³/mol. The number of rotatable bonds is 0. The van der Waals surface area contributed by atoms with Gasteiger partial charge in [-0.1, -0.05) is 0 Å². The smallest absolute Gasteiger partial charge is 0.668 e. The summed E-state index contributed by atoms with van der Waals surface area (Å²) in [7, 11) is 3.50. The summed E-state index contributed by atoms with van der Waals surface area (Å²) in [5.74, 6) is 0. The van der Waals surface area contributed by atoms with Crippen LogP contribution in [0, 0.1) is 0 Å². The van der Waals surface area contributed by atoms with E-state index in [0.29, 0.717) is 0 Å². The molecule has 0 N–H and O–H groups in total. The van der Waals surface area contributed by atoms with Crippen molar-refractivity contribution in [1.29, 1.82) is 0 Å². The molecule has 0 saturated heterocycles. The fourth-order valence-electron chi connectivity index (χ4n) is 0. The van der Waals surface area contributed by atoms with Gasteiger partial charge in [0, 0.05) is 0 Å². The van der Waals surface area contributed by atoms with E-state index in [2.05, 4.69) is 5.32 Å². The molecule has 0 bridgehead atoms. The molecule has 22 valence electrons. The third kappa shape index (κ3) is 13.6. The molecule has 0 aromatic heterocycles. The molecular weight excluding hydrogens is 129 g/mol. The maximum absolute atomic E-state index is 3.50. The normalized spacial score (nSPS) is 4.50. The Hall–Kier alpha value is 0.843. The van der Waals surface area contributed by atoms with Crippen LogP contribution in [0.4, 0.5) is 0 Å². The van der Waals surface area contributed by atoms with Gasteiger partial charge in [0.05, 0.1) is 0 Å². The number of hydrogen-bond donors (Lipinski definition) is 0. The average molecular weight is 135 g/mol. The number of nitrogens with zero attached hydrogens (tertiary/aromatic N) is 1. The van der Waals surface area contributed by atoms with E-state index in [1.54, 1.807) is 14.1 Å². The van der Waals surface area contributed by atoms with Crippen molar-refractivity contribution in [3.05, 3.63) is 5.32 Å².